The quantitative estimate of drug-likeness (QED) is 0.790. The van der Waals surface area contributed by atoms with Crippen LogP contribution < -0.4 is 11.1 Å². The van der Waals surface area contributed by atoms with Crippen LogP contribution in [-0.2, 0) is 11.2 Å². The van der Waals surface area contributed by atoms with E-state index < -0.39 is 0 Å². The highest BCUT2D eigenvalue weighted by Gasteiger charge is 2.03. The summed E-state index contributed by atoms with van der Waals surface area (Å²) in [4.78, 5) is 11.1. The lowest BCUT2D eigenvalue weighted by atomic mass is 10.1. The molecule has 0 aliphatic rings. The molecule has 17 heavy (non-hydrogen) atoms. The number of nitrogens with two attached hydrogens (primary N) is 1. The predicted octanol–water partition coefficient (Wildman–Crippen LogP) is 1.99. The molecule has 0 heterocycles. The van der Waals surface area contributed by atoms with Crippen molar-refractivity contribution >= 4 is 21.8 Å². The fraction of sp³-hybridized carbons (Fsp3) is 0.417. The number of benzene rings is 1. The van der Waals surface area contributed by atoms with Crippen molar-refractivity contribution in [2.45, 2.75) is 19.3 Å². The van der Waals surface area contributed by atoms with Crippen molar-refractivity contribution in [3.8, 4) is 0 Å². The molecule has 3 N–H and O–H groups in total. The molecule has 1 amide bonds. The third-order valence-corrected chi connectivity index (χ3v) is 2.82. The van der Waals surface area contributed by atoms with Gasteiger partial charge in [-0.1, -0.05) is 22.0 Å². The first-order chi connectivity index (χ1) is 8.13. The van der Waals surface area contributed by atoms with Crippen molar-refractivity contribution in [2.24, 2.45) is 5.73 Å². The summed E-state index contributed by atoms with van der Waals surface area (Å²) in [5.41, 5.74) is 5.91. The van der Waals surface area contributed by atoms with Gasteiger partial charge in [0.05, 0.1) is 0 Å². The van der Waals surface area contributed by atoms with Crippen LogP contribution in [0.15, 0.2) is 22.7 Å². The van der Waals surface area contributed by atoms with E-state index in [4.69, 9.17) is 5.73 Å². The Balaban J connectivity index is 2.29. The standard InChI is InChI=1S/C12H16BrFN2O/c13-10-4-3-9(11(14)8-10)2-1-7-16-12(17)5-6-15/h3-4,8H,1-2,5-7,15H2,(H,16,17). The van der Waals surface area contributed by atoms with Crippen molar-refractivity contribution in [2.75, 3.05) is 13.1 Å². The Bertz CT molecular complexity index is 385. The van der Waals surface area contributed by atoms with Crippen molar-refractivity contribution in [1.82, 2.24) is 5.32 Å². The molecule has 1 rings (SSSR count). The molecular formula is C12H16BrFN2O. The predicted molar refractivity (Wildman–Crippen MR) is 69.1 cm³/mol. The lowest BCUT2D eigenvalue weighted by Gasteiger charge is -2.05. The molecule has 5 heteroatoms. The lowest BCUT2D eigenvalue weighted by molar-refractivity contribution is -0.120. The summed E-state index contributed by atoms with van der Waals surface area (Å²) in [7, 11) is 0. The van der Waals surface area contributed by atoms with Gasteiger partial charge in [0.25, 0.3) is 0 Å². The molecule has 0 saturated carbocycles. The number of carbonyl (C=O) groups excluding carboxylic acids is 1. The average molecular weight is 303 g/mol. The molecule has 1 aromatic rings. The first-order valence-corrected chi connectivity index (χ1v) is 6.33. The first kappa shape index (κ1) is 14.1. The SMILES string of the molecule is NCCC(=O)NCCCc1ccc(Br)cc1F. The summed E-state index contributed by atoms with van der Waals surface area (Å²) in [6, 6.07) is 5.01. The Morgan fingerprint density at radius 2 is 2.24 bits per heavy atom. The normalized spacial score (nSPS) is 10.3. The topological polar surface area (TPSA) is 55.1 Å². The average Bonchev–Trinajstić information content (AvgIpc) is 2.27. The second-order valence-corrected chi connectivity index (χ2v) is 4.64. The van der Waals surface area contributed by atoms with E-state index in [0.717, 1.165) is 10.9 Å². The highest BCUT2D eigenvalue weighted by Crippen LogP contribution is 2.16. The van der Waals surface area contributed by atoms with Gasteiger partial charge >= 0.3 is 0 Å². The van der Waals surface area contributed by atoms with E-state index in [1.165, 1.54) is 6.07 Å². The Labute approximate surface area is 109 Å². The van der Waals surface area contributed by atoms with Gasteiger partial charge in [-0.15, -0.1) is 0 Å². The molecule has 0 aliphatic carbocycles. The maximum Gasteiger partial charge on any atom is 0.221 e. The van der Waals surface area contributed by atoms with Gasteiger partial charge in [0.2, 0.25) is 5.91 Å². The highest BCUT2D eigenvalue weighted by molar-refractivity contribution is 9.10. The lowest BCUT2D eigenvalue weighted by Crippen LogP contribution is -2.26. The second-order valence-electron chi connectivity index (χ2n) is 3.73. The molecule has 0 aromatic heterocycles. The van der Waals surface area contributed by atoms with E-state index in [1.807, 2.05) is 6.07 Å². The molecule has 0 bridgehead atoms. The van der Waals surface area contributed by atoms with Crippen LogP contribution in [-0.4, -0.2) is 19.0 Å². The third-order valence-electron chi connectivity index (χ3n) is 2.33. The van der Waals surface area contributed by atoms with Crippen molar-refractivity contribution in [1.29, 1.82) is 0 Å². The van der Waals surface area contributed by atoms with Crippen LogP contribution in [0.5, 0.6) is 0 Å². The molecule has 0 saturated heterocycles. The Kier molecular flexibility index (Phi) is 6.15. The minimum absolute atomic E-state index is 0.0521. The van der Waals surface area contributed by atoms with Gasteiger partial charge in [-0.25, -0.2) is 4.39 Å². The maximum absolute atomic E-state index is 13.4. The van der Waals surface area contributed by atoms with Crippen LogP contribution in [0.1, 0.15) is 18.4 Å². The molecule has 0 spiro atoms. The largest absolute Gasteiger partial charge is 0.356 e. The number of carbonyl (C=O) groups is 1. The summed E-state index contributed by atoms with van der Waals surface area (Å²) >= 11 is 3.21. The first-order valence-electron chi connectivity index (χ1n) is 5.54. The summed E-state index contributed by atoms with van der Waals surface area (Å²) < 4.78 is 14.2. The Hall–Kier alpha value is -0.940. The minimum atomic E-state index is -0.215. The Morgan fingerprint density at radius 3 is 2.88 bits per heavy atom. The molecule has 1 aromatic carbocycles. The van der Waals surface area contributed by atoms with Gasteiger partial charge in [0, 0.05) is 24.0 Å². The van der Waals surface area contributed by atoms with Gasteiger partial charge < -0.3 is 11.1 Å². The van der Waals surface area contributed by atoms with Gasteiger partial charge in [-0.3, -0.25) is 4.79 Å². The summed E-state index contributed by atoms with van der Waals surface area (Å²) in [6.07, 6.45) is 1.67. The fourth-order valence-corrected chi connectivity index (χ4v) is 1.78. The zero-order valence-electron chi connectivity index (χ0n) is 9.51. The van der Waals surface area contributed by atoms with Gasteiger partial charge in [0.1, 0.15) is 5.82 Å². The highest BCUT2D eigenvalue weighted by atomic mass is 79.9. The number of aryl methyl sites for hydroxylation is 1. The van der Waals surface area contributed by atoms with Crippen molar-refractivity contribution in [3.05, 3.63) is 34.1 Å². The van der Waals surface area contributed by atoms with Crippen LogP contribution in [0.3, 0.4) is 0 Å². The molecule has 0 atom stereocenters. The van der Waals surface area contributed by atoms with Gasteiger partial charge in [-0.05, 0) is 30.5 Å². The molecule has 0 unspecified atom stereocenters. The molecular weight excluding hydrogens is 287 g/mol. The smallest absolute Gasteiger partial charge is 0.221 e. The van der Waals surface area contributed by atoms with Crippen molar-refractivity contribution < 1.29 is 9.18 Å². The number of amides is 1. The summed E-state index contributed by atoms with van der Waals surface area (Å²) in [5, 5.41) is 2.73. The maximum atomic E-state index is 13.4. The van der Waals surface area contributed by atoms with E-state index in [9.17, 15) is 9.18 Å². The van der Waals surface area contributed by atoms with Crippen molar-refractivity contribution in [3.63, 3.8) is 0 Å². The van der Waals surface area contributed by atoms with E-state index in [1.54, 1.807) is 6.07 Å². The minimum Gasteiger partial charge on any atom is -0.356 e. The van der Waals surface area contributed by atoms with Crippen LogP contribution in [0, 0.1) is 5.82 Å². The molecule has 0 aliphatic heterocycles. The molecule has 94 valence electrons. The number of hydrogen-bond acceptors (Lipinski definition) is 2. The number of hydrogen-bond donors (Lipinski definition) is 2. The molecule has 3 nitrogen and oxygen atoms in total. The van der Waals surface area contributed by atoms with E-state index in [-0.39, 0.29) is 11.7 Å². The van der Waals surface area contributed by atoms with Gasteiger partial charge in [-0.2, -0.15) is 0 Å². The van der Waals surface area contributed by atoms with Crippen LogP contribution in [0.2, 0.25) is 0 Å². The third kappa shape index (κ3) is 5.28. The van der Waals surface area contributed by atoms with Crippen LogP contribution in [0.25, 0.3) is 0 Å². The van der Waals surface area contributed by atoms with E-state index >= 15 is 0 Å². The molecule has 0 fully saturated rings. The Morgan fingerprint density at radius 1 is 1.47 bits per heavy atom. The fourth-order valence-electron chi connectivity index (χ4n) is 1.45. The van der Waals surface area contributed by atoms with E-state index in [2.05, 4.69) is 21.2 Å². The molecule has 0 radical (unpaired) electrons. The summed E-state index contributed by atoms with van der Waals surface area (Å²) in [6.45, 7) is 0.904. The zero-order valence-corrected chi connectivity index (χ0v) is 11.1. The second kappa shape index (κ2) is 7.40. The number of halogens is 2. The zero-order chi connectivity index (χ0) is 12.7. The van der Waals surface area contributed by atoms with E-state index in [0.29, 0.717) is 31.5 Å². The van der Waals surface area contributed by atoms with Gasteiger partial charge in [0.15, 0.2) is 0 Å². The van der Waals surface area contributed by atoms with Crippen LogP contribution in [0.4, 0.5) is 4.39 Å². The van der Waals surface area contributed by atoms with Crippen LogP contribution >= 0.6 is 15.9 Å². The number of nitrogens with one attached hydrogen (secondary N) is 1. The monoisotopic (exact) mass is 302 g/mol. The summed E-state index contributed by atoms with van der Waals surface area (Å²) in [5.74, 6) is -0.267. The number of rotatable bonds is 6.